The lowest BCUT2D eigenvalue weighted by Gasteiger charge is -2.61. The Bertz CT molecular complexity index is 3700. The standard InChI is InChI=1S/C81H92Cl2O14/c1-49(2)20-18-21-50(3)67-34-35-68-64-33-32-58-40-51(36-38-80(58,4)69(64)37-39-81(67,68)5)22-19-31-59(56-41-65(78(88)96-47-54-25-12-16-29-62(54)76(86)92-8)72(70(82)43-56)94-45-52-23-10-14-27-60(52)74(84)90-6)57-42-66(79(89)97-48-55-26-13-17-30-63(55)77(87)93-9)73(71(83)44-57)95-46-53-24-11-15-28-61(53)75(85)91-7/h10-17,23-31,41-44,49-51,58,64,67-69H,18-22,32-40,45-48H2,1-9H3/t50?,51-,58-,64-,67+,68-,69-,80-,81+/m0/s1. The fourth-order valence-electron chi connectivity index (χ4n) is 17.2. The zero-order chi connectivity index (χ0) is 69.1. The van der Waals surface area contributed by atoms with E-state index in [9.17, 15) is 28.8 Å². The van der Waals surface area contributed by atoms with Gasteiger partial charge >= 0.3 is 35.8 Å². The molecule has 9 atom stereocenters. The Morgan fingerprint density at radius 3 is 1.38 bits per heavy atom. The molecule has 97 heavy (non-hydrogen) atoms. The monoisotopic (exact) mass is 1360 g/mol. The minimum absolute atomic E-state index is 0.00885. The van der Waals surface area contributed by atoms with Crippen molar-refractivity contribution in [1.82, 2.24) is 0 Å². The number of halogens is 2. The predicted octanol–water partition coefficient (Wildman–Crippen LogP) is 19.0. The summed E-state index contributed by atoms with van der Waals surface area (Å²) in [6.45, 7) is 11.5. The molecule has 0 spiro atoms. The number of carbonyl (C=O) groups is 6. The molecule has 10 rings (SSSR count). The normalized spacial score (nSPS) is 21.9. The predicted molar refractivity (Wildman–Crippen MR) is 374 cm³/mol. The van der Waals surface area contributed by atoms with E-state index in [0.717, 1.165) is 54.8 Å². The van der Waals surface area contributed by atoms with Crippen molar-refractivity contribution in [3.05, 3.63) is 204 Å². The molecule has 0 N–H and O–H groups in total. The minimum atomic E-state index is -0.855. The van der Waals surface area contributed by atoms with Crippen molar-refractivity contribution in [2.45, 2.75) is 151 Å². The van der Waals surface area contributed by atoms with E-state index < -0.39 is 35.8 Å². The lowest BCUT2D eigenvalue weighted by atomic mass is 9.44. The lowest BCUT2D eigenvalue weighted by molar-refractivity contribution is -0.121. The molecule has 14 nitrogen and oxygen atoms in total. The highest BCUT2D eigenvalue weighted by Crippen LogP contribution is 2.69. The first-order valence-electron chi connectivity index (χ1n) is 34.3. The number of allylic oxidation sites excluding steroid dienone is 1. The van der Waals surface area contributed by atoms with E-state index in [0.29, 0.717) is 62.6 Å². The zero-order valence-electron chi connectivity index (χ0n) is 57.4. The number of hydrogen-bond acceptors (Lipinski definition) is 14. The van der Waals surface area contributed by atoms with Gasteiger partial charge in [0.25, 0.3) is 0 Å². The zero-order valence-corrected chi connectivity index (χ0v) is 59.0. The molecule has 16 heteroatoms. The molecule has 6 aromatic rings. The van der Waals surface area contributed by atoms with Crippen LogP contribution in [0.1, 0.15) is 220 Å². The second-order valence-corrected chi connectivity index (χ2v) is 28.8. The number of methoxy groups -OCH3 is 4. The van der Waals surface area contributed by atoms with Crippen molar-refractivity contribution >= 4 is 64.6 Å². The molecule has 0 bridgehead atoms. The smallest absolute Gasteiger partial charge is 0.342 e. The second-order valence-electron chi connectivity index (χ2n) is 28.0. The van der Waals surface area contributed by atoms with E-state index in [4.69, 9.17) is 61.1 Å². The molecular weight excluding hydrogens is 1270 g/mol. The van der Waals surface area contributed by atoms with Crippen LogP contribution in [-0.4, -0.2) is 64.3 Å². The number of esters is 6. The van der Waals surface area contributed by atoms with Gasteiger partial charge in [-0.2, -0.15) is 0 Å². The Labute approximate surface area is 581 Å². The maximum Gasteiger partial charge on any atom is 0.342 e. The summed E-state index contributed by atoms with van der Waals surface area (Å²) in [5, 5.41) is 0.0177. The van der Waals surface area contributed by atoms with Crippen LogP contribution < -0.4 is 9.47 Å². The summed E-state index contributed by atoms with van der Waals surface area (Å²) in [5.74, 6) is 1.47. The maximum atomic E-state index is 15.0. The van der Waals surface area contributed by atoms with Crippen molar-refractivity contribution in [2.75, 3.05) is 28.4 Å². The van der Waals surface area contributed by atoms with Gasteiger partial charge in [0.2, 0.25) is 0 Å². The van der Waals surface area contributed by atoms with Gasteiger partial charge in [0.05, 0.1) is 60.7 Å². The molecule has 0 amide bonds. The highest BCUT2D eigenvalue weighted by Gasteiger charge is 2.60. The van der Waals surface area contributed by atoms with Crippen LogP contribution in [0.3, 0.4) is 0 Å². The van der Waals surface area contributed by atoms with Crippen LogP contribution in [0, 0.1) is 58.2 Å². The fourth-order valence-corrected chi connectivity index (χ4v) is 17.7. The molecule has 0 saturated heterocycles. The summed E-state index contributed by atoms with van der Waals surface area (Å²) < 4.78 is 45.3. The van der Waals surface area contributed by atoms with E-state index in [-0.39, 0.29) is 86.8 Å². The highest BCUT2D eigenvalue weighted by atomic mass is 35.5. The molecule has 4 saturated carbocycles. The van der Waals surface area contributed by atoms with Gasteiger partial charge in [0.1, 0.15) is 37.6 Å². The quantitative estimate of drug-likeness (QED) is 0.0370. The summed E-state index contributed by atoms with van der Waals surface area (Å²) in [6, 6.07) is 33.3. The summed E-state index contributed by atoms with van der Waals surface area (Å²) in [4.78, 5) is 81.8. The number of carbonyl (C=O) groups excluding carboxylic acids is 6. The average molecular weight is 1360 g/mol. The fraction of sp³-hybridized carbons (Fsp3) is 0.457. The Morgan fingerprint density at radius 2 is 0.928 bits per heavy atom. The largest absolute Gasteiger partial charge is 0.486 e. The van der Waals surface area contributed by atoms with Gasteiger partial charge in [0.15, 0.2) is 11.5 Å². The summed E-state index contributed by atoms with van der Waals surface area (Å²) in [5.41, 5.74) is 4.51. The van der Waals surface area contributed by atoms with Crippen molar-refractivity contribution in [2.24, 2.45) is 58.2 Å². The van der Waals surface area contributed by atoms with Gasteiger partial charge in [-0.05, 0) is 194 Å². The van der Waals surface area contributed by atoms with Crippen LogP contribution in [0.5, 0.6) is 11.5 Å². The molecule has 514 valence electrons. The number of fused-ring (bicyclic) bond motifs is 5. The van der Waals surface area contributed by atoms with Crippen LogP contribution in [0.4, 0.5) is 0 Å². The molecule has 4 aliphatic carbocycles. The van der Waals surface area contributed by atoms with Gasteiger partial charge in [0, 0.05) is 22.3 Å². The van der Waals surface area contributed by atoms with Crippen molar-refractivity contribution in [3.63, 3.8) is 0 Å². The molecule has 1 unspecified atom stereocenters. The molecule has 0 aliphatic heterocycles. The Kier molecular flexibility index (Phi) is 23.8. The molecule has 6 aromatic carbocycles. The van der Waals surface area contributed by atoms with Crippen LogP contribution in [0.15, 0.2) is 127 Å². The van der Waals surface area contributed by atoms with Gasteiger partial charge in [-0.15, -0.1) is 0 Å². The average Bonchev–Trinajstić information content (AvgIpc) is 1.69. The van der Waals surface area contributed by atoms with Crippen molar-refractivity contribution in [1.29, 1.82) is 0 Å². The highest BCUT2D eigenvalue weighted by molar-refractivity contribution is 6.33. The molecule has 4 fully saturated rings. The molecule has 0 heterocycles. The van der Waals surface area contributed by atoms with Crippen LogP contribution in [0.25, 0.3) is 5.57 Å². The van der Waals surface area contributed by atoms with E-state index in [1.807, 2.05) is 0 Å². The summed E-state index contributed by atoms with van der Waals surface area (Å²) in [7, 11) is 5.11. The number of rotatable bonds is 26. The first kappa shape index (κ1) is 71.8. The topological polar surface area (TPSA) is 176 Å². The van der Waals surface area contributed by atoms with Crippen LogP contribution in [-0.2, 0) is 54.8 Å². The summed E-state index contributed by atoms with van der Waals surface area (Å²) >= 11 is 14.8. The van der Waals surface area contributed by atoms with Crippen molar-refractivity contribution < 1.29 is 66.7 Å². The summed E-state index contributed by atoms with van der Waals surface area (Å²) in [6.07, 6.45) is 18.9. The van der Waals surface area contributed by atoms with E-state index in [2.05, 4.69) is 40.7 Å². The van der Waals surface area contributed by atoms with Gasteiger partial charge < -0.3 is 37.9 Å². The first-order chi connectivity index (χ1) is 46.7. The van der Waals surface area contributed by atoms with Gasteiger partial charge in [-0.3, -0.25) is 0 Å². The second kappa shape index (κ2) is 32.2. The number of ether oxygens (including phenoxy) is 8. The molecule has 0 radical (unpaired) electrons. The van der Waals surface area contributed by atoms with Crippen molar-refractivity contribution in [3.8, 4) is 11.5 Å². The Balaban J connectivity index is 1.02. The molecule has 4 aliphatic rings. The third-order valence-corrected chi connectivity index (χ3v) is 22.8. The molecule has 0 aromatic heterocycles. The van der Waals surface area contributed by atoms with Crippen LogP contribution >= 0.6 is 23.2 Å². The Hall–Kier alpha value is -7.94. The minimum Gasteiger partial charge on any atom is -0.486 e. The Morgan fingerprint density at radius 1 is 0.495 bits per heavy atom. The molecular formula is C81H92Cl2O14. The van der Waals surface area contributed by atoms with E-state index >= 15 is 0 Å². The van der Waals surface area contributed by atoms with E-state index in [1.54, 1.807) is 121 Å². The number of hydrogen-bond donors (Lipinski definition) is 0. The van der Waals surface area contributed by atoms with Gasteiger partial charge in [-0.1, -0.05) is 156 Å². The number of benzene rings is 6. The third-order valence-electron chi connectivity index (χ3n) is 22.2. The maximum absolute atomic E-state index is 15.0. The SMILES string of the molecule is COC(=O)c1ccccc1COC(=O)c1cc(C(=CCC[C@H]2CC[C@@]3(C)[C@@H](CC[C@@H]4[C@@H]3CC[C@]3(C)[C@@H](C(C)CCCC(C)C)CC[C@@H]43)C2)c2cc(Cl)c(OCc3ccccc3C(=O)OC)c(C(=O)OCc3ccccc3C(=O)OC)c2)cc(Cl)c1OCc1ccccc1C(=O)OC. The van der Waals surface area contributed by atoms with Gasteiger partial charge in [-0.25, -0.2) is 28.8 Å². The third kappa shape index (κ3) is 16.0. The van der Waals surface area contributed by atoms with Crippen LogP contribution in [0.2, 0.25) is 10.0 Å². The first-order valence-corrected chi connectivity index (χ1v) is 35.1. The van der Waals surface area contributed by atoms with E-state index in [1.165, 1.54) is 92.6 Å². The lowest BCUT2D eigenvalue weighted by Crippen LogP contribution is -2.53.